The van der Waals surface area contributed by atoms with Crippen LogP contribution in [0.25, 0.3) is 0 Å². The van der Waals surface area contributed by atoms with Crippen LogP contribution in [-0.4, -0.2) is 161 Å². The number of hydrogen-bond donors (Lipinski definition) is 7. The largest absolute Gasteiger partial charge is 0.504 e. The van der Waals surface area contributed by atoms with Crippen LogP contribution in [0.1, 0.15) is 159 Å². The molecule has 0 saturated carbocycles. The standard InChI is InChI=1S/C35H43N5O8.C34H44N4O9/c1-15(2)9-25(42)37-18(5)35(44)38-34-27-21(31(48-19(6)41)17(4)32-33(27)47-14-46-32)12-23-28-26-20(10-16(3)30(45-8)29(26)43)11-22(39(28)7)24(13-36)40(23)34;1-14(2)9-23(40)35-17(5)33(42)36-32-25-20(29(47-18(6)39)16(4)30-31(25)46-13-45-30)12-21-26-24-19(10-15(3)28(44-8)27(24)41)11-22(37(26)7)34(43)38(21)32/h10,15,18,22-24,28,34,43H,9,11-12,14H2,1-8H3,(H,37,42)(H,38,44);10,14,17,21-22,26,32,34,41,43H,9,11-13H2,1-8H3,(H,35,40)(H,36,42)/t18-,22+,23?,24+,28+,34-;17-,21?,22+,26+,32-,34+/m11/s1. The number of aliphatic hydroxyl groups excluding tert-OH is 1. The first-order valence-electron chi connectivity index (χ1n) is 32.3. The van der Waals surface area contributed by atoms with Crippen LogP contribution in [-0.2, 0) is 54.5 Å². The Bertz CT molecular complexity index is 3870. The van der Waals surface area contributed by atoms with Gasteiger partial charge in [-0.25, -0.2) is 4.90 Å². The fraction of sp³-hybridized carbons (Fsp3) is 0.551. The lowest BCUT2D eigenvalue weighted by molar-refractivity contribution is -0.179. The number of piperazine rings is 2. The Kier molecular flexibility index (Phi) is 18.7. The predicted octanol–water partition coefficient (Wildman–Crippen LogP) is 5.56. The van der Waals surface area contributed by atoms with Gasteiger partial charge in [0.1, 0.15) is 48.2 Å². The molecule has 8 aliphatic rings. The SMILES string of the molecule is COc1c(C)cc2c(c1O)[C@@H]1C3Cc4c(OC(C)=O)c(C)c5c(c4[C@H](NC(=O)[C@@H](C)NC(=O)CC(C)C)N3[C@@H](C#N)[C@H](C2)N1C)OCO5.COc1c(C)cc2c(c1O)[C@@H]1C3Cc4c(OC(C)=O)c(C)c5c(c4[C@H](NC(=O)[C@@H](C)NC(=O)CC(C)C)N3[C@@H](O)[C@H](C2)N1C)OCO5. The van der Waals surface area contributed by atoms with E-state index in [1.165, 1.54) is 28.1 Å². The van der Waals surface area contributed by atoms with E-state index in [4.69, 9.17) is 37.9 Å². The van der Waals surface area contributed by atoms with Crippen molar-refractivity contribution < 1.29 is 82.0 Å². The van der Waals surface area contributed by atoms with Crippen molar-refractivity contribution in [2.45, 2.75) is 195 Å². The summed E-state index contributed by atoms with van der Waals surface area (Å²) in [4.78, 5) is 86.0. The first-order valence-corrected chi connectivity index (χ1v) is 32.3. The molecule has 2 fully saturated rings. The Labute approximate surface area is 552 Å². The molecule has 12 atom stereocenters. The Morgan fingerprint density at radius 3 is 1.37 bits per heavy atom. The number of rotatable bonds is 14. The molecule has 8 aliphatic heterocycles. The fourth-order valence-electron chi connectivity index (χ4n) is 16.0. The second-order valence-electron chi connectivity index (χ2n) is 27.1. The number of methoxy groups -OCH3 is 2. The van der Waals surface area contributed by atoms with Gasteiger partial charge in [-0.1, -0.05) is 39.8 Å². The zero-order valence-electron chi connectivity index (χ0n) is 56.7. The molecule has 0 aliphatic carbocycles. The molecule has 26 nitrogen and oxygen atoms in total. The number of phenols is 2. The molecule has 4 bridgehead atoms. The van der Waals surface area contributed by atoms with Gasteiger partial charge in [-0.3, -0.25) is 43.5 Å². The number of nitriles is 1. The van der Waals surface area contributed by atoms with Crippen molar-refractivity contribution in [2.75, 3.05) is 41.9 Å². The number of carbonyl (C=O) groups excluding carboxylic acids is 6. The highest BCUT2D eigenvalue weighted by Gasteiger charge is 2.59. The Hall–Kier alpha value is -8.61. The van der Waals surface area contributed by atoms with Gasteiger partial charge in [-0.05, 0) is 115 Å². The van der Waals surface area contributed by atoms with Crippen LogP contribution in [0.2, 0.25) is 0 Å². The van der Waals surface area contributed by atoms with Crippen LogP contribution in [0.4, 0.5) is 0 Å². The number of aliphatic hydroxyl groups is 1. The number of phenolic OH excluding ortho intramolecular Hbond substituents is 2. The molecule has 12 rings (SSSR count). The van der Waals surface area contributed by atoms with Crippen molar-refractivity contribution in [1.82, 2.24) is 40.9 Å². The van der Waals surface area contributed by atoms with Gasteiger partial charge >= 0.3 is 11.9 Å². The smallest absolute Gasteiger partial charge is 0.308 e. The summed E-state index contributed by atoms with van der Waals surface area (Å²) in [5, 5.41) is 58.1. The number of benzene rings is 4. The maximum Gasteiger partial charge on any atom is 0.308 e. The number of hydrogen-bond acceptors (Lipinski definition) is 22. The number of ether oxygens (including phenoxy) is 8. The van der Waals surface area contributed by atoms with Crippen LogP contribution >= 0.6 is 0 Å². The minimum absolute atomic E-state index is 0.0316. The number of likely N-dealkylation sites (N-methyl/N-ethyl adjacent to an activating group) is 2. The third-order valence-corrected chi connectivity index (χ3v) is 19.9. The predicted molar refractivity (Wildman–Crippen MR) is 342 cm³/mol. The summed E-state index contributed by atoms with van der Waals surface area (Å²) in [6.45, 7) is 20.7. The minimum atomic E-state index is -1.07. The Morgan fingerprint density at radius 1 is 0.579 bits per heavy atom. The quantitative estimate of drug-likeness (QED) is 0.0600. The molecule has 0 spiro atoms. The lowest BCUT2D eigenvalue weighted by Crippen LogP contribution is -2.70. The zero-order valence-corrected chi connectivity index (χ0v) is 56.7. The number of nitrogens with one attached hydrogen (secondary N) is 4. The van der Waals surface area contributed by atoms with Crippen molar-refractivity contribution in [2.24, 2.45) is 11.8 Å². The van der Waals surface area contributed by atoms with Gasteiger partial charge in [0.2, 0.25) is 37.2 Å². The van der Waals surface area contributed by atoms with Crippen molar-refractivity contribution in [3.05, 3.63) is 78.9 Å². The fourth-order valence-corrected chi connectivity index (χ4v) is 16.0. The average Bonchev–Trinajstić information content (AvgIpc) is 1.40. The van der Waals surface area contributed by atoms with Crippen molar-refractivity contribution in [3.63, 3.8) is 0 Å². The van der Waals surface area contributed by atoms with E-state index in [2.05, 4.69) is 37.1 Å². The second-order valence-corrected chi connectivity index (χ2v) is 27.1. The number of aryl methyl sites for hydroxylation is 2. The molecule has 2 saturated heterocycles. The van der Waals surface area contributed by atoms with E-state index in [9.17, 15) is 49.3 Å². The molecular formula is C69H87N9O17. The van der Waals surface area contributed by atoms with Gasteiger partial charge in [0.25, 0.3) is 0 Å². The molecular weight excluding hydrogens is 1230 g/mol. The molecule has 2 unspecified atom stereocenters. The first-order chi connectivity index (χ1) is 45.0. The van der Waals surface area contributed by atoms with E-state index < -0.39 is 90.6 Å². The molecule has 4 aromatic carbocycles. The summed E-state index contributed by atoms with van der Waals surface area (Å²) < 4.78 is 46.7. The van der Waals surface area contributed by atoms with Gasteiger partial charge in [0, 0.05) is 89.3 Å². The van der Waals surface area contributed by atoms with E-state index >= 15 is 0 Å². The monoisotopic (exact) mass is 1310 g/mol. The van der Waals surface area contributed by atoms with E-state index in [0.29, 0.717) is 103 Å². The summed E-state index contributed by atoms with van der Waals surface area (Å²) in [6.07, 6.45) is -0.988. The van der Waals surface area contributed by atoms with Crippen LogP contribution < -0.4 is 59.2 Å². The normalized spacial score (nSPS) is 24.7. The topological polar surface area (TPSA) is 322 Å². The van der Waals surface area contributed by atoms with Crippen molar-refractivity contribution in [1.29, 1.82) is 5.26 Å². The number of nitrogens with zero attached hydrogens (tertiary/aromatic N) is 5. The van der Waals surface area contributed by atoms with Gasteiger partial charge in [0.15, 0.2) is 46.0 Å². The number of carbonyl (C=O) groups is 6. The third kappa shape index (κ3) is 11.7. The Balaban J connectivity index is 0.000000193. The molecule has 0 aromatic heterocycles. The molecule has 4 amide bonds. The summed E-state index contributed by atoms with van der Waals surface area (Å²) in [7, 11) is 6.89. The number of aromatic hydroxyl groups is 2. The Morgan fingerprint density at radius 2 is 0.968 bits per heavy atom. The highest BCUT2D eigenvalue weighted by molar-refractivity contribution is 5.89. The summed E-state index contributed by atoms with van der Waals surface area (Å²) in [6, 6.07) is 1.42. The average molecular weight is 1310 g/mol. The van der Waals surface area contributed by atoms with Crippen molar-refractivity contribution in [3.8, 4) is 63.6 Å². The van der Waals surface area contributed by atoms with Crippen LogP contribution in [0.15, 0.2) is 12.1 Å². The summed E-state index contributed by atoms with van der Waals surface area (Å²) in [5.74, 6) is 0.733. The maximum absolute atomic E-state index is 14.0. The lowest BCUT2D eigenvalue weighted by atomic mass is 9.72. The van der Waals surface area contributed by atoms with E-state index in [-0.39, 0.29) is 80.5 Å². The first kappa shape index (κ1) is 67.8. The van der Waals surface area contributed by atoms with Crippen LogP contribution in [0, 0.1) is 50.9 Å². The highest BCUT2D eigenvalue weighted by Crippen LogP contribution is 2.60. The van der Waals surface area contributed by atoms with E-state index in [1.54, 1.807) is 27.7 Å². The summed E-state index contributed by atoms with van der Waals surface area (Å²) in [5.41, 5.74) is 8.22. The van der Waals surface area contributed by atoms with Crippen LogP contribution in [0.5, 0.6) is 57.5 Å². The van der Waals surface area contributed by atoms with Gasteiger partial charge in [0.05, 0.1) is 38.4 Å². The third-order valence-electron chi connectivity index (χ3n) is 19.9. The highest BCUT2D eigenvalue weighted by atomic mass is 16.7. The minimum Gasteiger partial charge on any atom is -0.504 e. The molecule has 8 heterocycles. The number of amides is 4. The molecule has 510 valence electrons. The second kappa shape index (κ2) is 26.2. The van der Waals surface area contributed by atoms with Crippen molar-refractivity contribution >= 4 is 35.6 Å². The van der Waals surface area contributed by atoms with Gasteiger partial charge in [-0.15, -0.1) is 0 Å². The van der Waals surface area contributed by atoms with Gasteiger partial charge in [-0.2, -0.15) is 5.26 Å². The van der Waals surface area contributed by atoms with Gasteiger partial charge < -0.3 is 74.5 Å². The molecule has 7 N–H and O–H groups in total. The maximum atomic E-state index is 14.0. The number of esters is 2. The van der Waals surface area contributed by atoms with Crippen LogP contribution in [0.3, 0.4) is 0 Å². The molecule has 95 heavy (non-hydrogen) atoms. The molecule has 4 aromatic rings. The van der Waals surface area contributed by atoms with E-state index in [1.807, 2.05) is 77.6 Å². The van der Waals surface area contributed by atoms with E-state index in [0.717, 1.165) is 22.3 Å². The zero-order chi connectivity index (χ0) is 68.8. The molecule has 0 radical (unpaired) electrons. The molecule has 26 heteroatoms. The summed E-state index contributed by atoms with van der Waals surface area (Å²) >= 11 is 0. The lowest BCUT2D eigenvalue weighted by Gasteiger charge is -2.60. The number of fused-ring (bicyclic) bond motifs is 18.